The number of carbonyl (C=O) groups excluding carboxylic acids is 1. The fourth-order valence-electron chi connectivity index (χ4n) is 4.45. The summed E-state index contributed by atoms with van der Waals surface area (Å²) in [6.07, 6.45) is 9.60. The Morgan fingerprint density at radius 1 is 1.17 bits per heavy atom. The zero-order valence-electron chi connectivity index (χ0n) is 16.0. The molecule has 138 valence electrons. The molecule has 5 heteroatoms. The molecule has 0 aromatic rings. The van der Waals surface area contributed by atoms with Gasteiger partial charge in [-0.05, 0) is 37.5 Å². The summed E-state index contributed by atoms with van der Waals surface area (Å²) in [5, 5.41) is 6.91. The van der Waals surface area contributed by atoms with Crippen molar-refractivity contribution in [3.8, 4) is 0 Å². The fraction of sp³-hybridized carbons (Fsp3) is 0.895. The molecule has 2 aliphatic carbocycles. The normalized spacial score (nSPS) is 26.9. The largest absolute Gasteiger partial charge is 0.356 e. The van der Waals surface area contributed by atoms with E-state index in [1.54, 1.807) is 4.90 Å². The van der Waals surface area contributed by atoms with E-state index in [2.05, 4.69) is 22.5 Å². The smallest absolute Gasteiger partial charge is 0.230 e. The Bertz CT molecular complexity index is 441. The van der Waals surface area contributed by atoms with Crippen LogP contribution in [0.1, 0.15) is 58.3 Å². The minimum Gasteiger partial charge on any atom is -0.356 e. The van der Waals surface area contributed by atoms with E-state index in [1.165, 1.54) is 25.7 Å². The second-order valence-corrected chi connectivity index (χ2v) is 8.13. The summed E-state index contributed by atoms with van der Waals surface area (Å²) >= 11 is 0. The molecule has 0 saturated heterocycles. The first kappa shape index (κ1) is 19.1. The molecule has 1 amide bonds. The van der Waals surface area contributed by atoms with E-state index < -0.39 is 0 Å². The molecule has 2 fully saturated rings. The molecule has 0 bridgehead atoms. The maximum Gasteiger partial charge on any atom is 0.230 e. The van der Waals surface area contributed by atoms with E-state index in [4.69, 9.17) is 0 Å². The standard InChI is InChI=1S/C19H36N4O/c1-15-8-7-9-16(12-15)13-21-18(20-2)22-14-19(10-5-6-11-19)17(24)23(3)4/h15-16H,5-14H2,1-4H3,(H2,20,21,22). The second-order valence-electron chi connectivity index (χ2n) is 8.13. The molecule has 2 atom stereocenters. The molecule has 0 aromatic heterocycles. The van der Waals surface area contributed by atoms with Gasteiger partial charge in [0, 0.05) is 34.2 Å². The number of aliphatic imine (C=N–C) groups is 1. The third-order valence-electron chi connectivity index (χ3n) is 5.84. The third kappa shape index (κ3) is 4.87. The fourth-order valence-corrected chi connectivity index (χ4v) is 4.45. The van der Waals surface area contributed by atoms with Crippen molar-refractivity contribution in [2.24, 2.45) is 22.2 Å². The van der Waals surface area contributed by atoms with Gasteiger partial charge in [0.2, 0.25) is 5.91 Å². The van der Waals surface area contributed by atoms with Crippen LogP contribution in [0.2, 0.25) is 0 Å². The molecular weight excluding hydrogens is 300 g/mol. The van der Waals surface area contributed by atoms with Crippen molar-refractivity contribution in [3.05, 3.63) is 0 Å². The van der Waals surface area contributed by atoms with Crippen LogP contribution in [0.25, 0.3) is 0 Å². The molecule has 2 N–H and O–H groups in total. The average Bonchev–Trinajstić information content (AvgIpc) is 3.04. The van der Waals surface area contributed by atoms with Gasteiger partial charge in [0.1, 0.15) is 0 Å². The number of hydrogen-bond donors (Lipinski definition) is 2. The third-order valence-corrected chi connectivity index (χ3v) is 5.84. The lowest BCUT2D eigenvalue weighted by atomic mass is 9.82. The van der Waals surface area contributed by atoms with E-state index in [0.717, 1.165) is 50.0 Å². The maximum atomic E-state index is 12.6. The molecule has 5 nitrogen and oxygen atoms in total. The van der Waals surface area contributed by atoms with Crippen molar-refractivity contribution in [3.63, 3.8) is 0 Å². The average molecular weight is 337 g/mol. The molecule has 2 rings (SSSR count). The lowest BCUT2D eigenvalue weighted by Gasteiger charge is -2.32. The molecule has 0 spiro atoms. The molecule has 24 heavy (non-hydrogen) atoms. The maximum absolute atomic E-state index is 12.6. The Kier molecular flexibility index (Phi) is 6.93. The van der Waals surface area contributed by atoms with E-state index in [1.807, 2.05) is 21.1 Å². The summed E-state index contributed by atoms with van der Waals surface area (Å²) in [5.74, 6) is 2.69. The second kappa shape index (κ2) is 8.72. The molecule has 0 aliphatic heterocycles. The Labute approximate surface area is 147 Å². The number of amides is 1. The first-order valence-corrected chi connectivity index (χ1v) is 9.63. The molecule has 0 aromatic carbocycles. The van der Waals surface area contributed by atoms with Gasteiger partial charge in [-0.2, -0.15) is 0 Å². The van der Waals surface area contributed by atoms with Gasteiger partial charge in [0.05, 0.1) is 5.41 Å². The summed E-state index contributed by atoms with van der Waals surface area (Å²) in [4.78, 5) is 18.7. The summed E-state index contributed by atoms with van der Waals surface area (Å²) < 4.78 is 0. The highest BCUT2D eigenvalue weighted by atomic mass is 16.2. The number of nitrogens with one attached hydrogen (secondary N) is 2. The molecule has 2 saturated carbocycles. The SMILES string of the molecule is CN=C(NCC1CCCC(C)C1)NCC1(C(=O)N(C)C)CCCC1. The van der Waals surface area contributed by atoms with Gasteiger partial charge in [-0.3, -0.25) is 9.79 Å². The Balaban J connectivity index is 1.84. The first-order valence-electron chi connectivity index (χ1n) is 9.63. The van der Waals surface area contributed by atoms with Gasteiger partial charge < -0.3 is 15.5 Å². The highest BCUT2D eigenvalue weighted by molar-refractivity contribution is 5.85. The first-order chi connectivity index (χ1) is 11.5. The molecule has 0 radical (unpaired) electrons. The van der Waals surface area contributed by atoms with Crippen LogP contribution in [0.3, 0.4) is 0 Å². The van der Waals surface area contributed by atoms with E-state index in [-0.39, 0.29) is 11.3 Å². The van der Waals surface area contributed by atoms with Crippen LogP contribution in [0, 0.1) is 17.3 Å². The Morgan fingerprint density at radius 2 is 1.88 bits per heavy atom. The highest BCUT2D eigenvalue weighted by Gasteiger charge is 2.42. The monoisotopic (exact) mass is 336 g/mol. The van der Waals surface area contributed by atoms with Crippen LogP contribution in [-0.2, 0) is 4.79 Å². The van der Waals surface area contributed by atoms with E-state index in [9.17, 15) is 4.79 Å². The van der Waals surface area contributed by atoms with Gasteiger partial charge in [0.15, 0.2) is 5.96 Å². The van der Waals surface area contributed by atoms with E-state index in [0.29, 0.717) is 6.54 Å². The van der Waals surface area contributed by atoms with Crippen molar-refractivity contribution in [2.75, 3.05) is 34.2 Å². The van der Waals surface area contributed by atoms with Crippen LogP contribution in [0.4, 0.5) is 0 Å². The number of hydrogen-bond acceptors (Lipinski definition) is 2. The zero-order valence-corrected chi connectivity index (χ0v) is 16.0. The lowest BCUT2D eigenvalue weighted by molar-refractivity contribution is -0.138. The van der Waals surface area contributed by atoms with Gasteiger partial charge in [-0.15, -0.1) is 0 Å². The van der Waals surface area contributed by atoms with Crippen molar-refractivity contribution in [2.45, 2.75) is 58.3 Å². The van der Waals surface area contributed by atoms with Crippen molar-refractivity contribution in [1.82, 2.24) is 15.5 Å². The summed E-state index contributed by atoms with van der Waals surface area (Å²) in [6, 6.07) is 0. The molecular formula is C19H36N4O. The van der Waals surface area contributed by atoms with Gasteiger partial charge in [-0.1, -0.05) is 32.6 Å². The Hall–Kier alpha value is -1.26. The number of rotatable bonds is 5. The van der Waals surface area contributed by atoms with Crippen LogP contribution in [-0.4, -0.2) is 51.0 Å². The van der Waals surface area contributed by atoms with Crippen LogP contribution < -0.4 is 10.6 Å². The zero-order chi connectivity index (χ0) is 17.6. The Morgan fingerprint density at radius 3 is 2.46 bits per heavy atom. The van der Waals surface area contributed by atoms with Crippen LogP contribution in [0.5, 0.6) is 0 Å². The summed E-state index contributed by atoms with van der Waals surface area (Å²) in [5.41, 5.74) is -0.250. The lowest BCUT2D eigenvalue weighted by Crippen LogP contribution is -2.49. The molecule has 0 heterocycles. The van der Waals surface area contributed by atoms with Gasteiger partial charge >= 0.3 is 0 Å². The number of nitrogens with zero attached hydrogens (tertiary/aromatic N) is 2. The predicted octanol–water partition coefficient (Wildman–Crippen LogP) is 2.63. The van der Waals surface area contributed by atoms with Crippen molar-refractivity contribution in [1.29, 1.82) is 0 Å². The molecule has 2 aliphatic rings. The van der Waals surface area contributed by atoms with Crippen LogP contribution >= 0.6 is 0 Å². The van der Waals surface area contributed by atoms with Crippen LogP contribution in [0.15, 0.2) is 4.99 Å². The summed E-state index contributed by atoms with van der Waals surface area (Å²) in [6.45, 7) is 4.03. The van der Waals surface area contributed by atoms with Crippen molar-refractivity contribution < 1.29 is 4.79 Å². The van der Waals surface area contributed by atoms with Crippen molar-refractivity contribution >= 4 is 11.9 Å². The predicted molar refractivity (Wildman–Crippen MR) is 100 cm³/mol. The highest BCUT2D eigenvalue weighted by Crippen LogP contribution is 2.38. The number of carbonyl (C=O) groups is 1. The molecule has 2 unspecified atom stereocenters. The summed E-state index contributed by atoms with van der Waals surface area (Å²) in [7, 11) is 5.54. The topological polar surface area (TPSA) is 56.7 Å². The van der Waals surface area contributed by atoms with Gasteiger partial charge in [-0.25, -0.2) is 0 Å². The van der Waals surface area contributed by atoms with E-state index >= 15 is 0 Å². The minimum atomic E-state index is -0.250. The minimum absolute atomic E-state index is 0.250. The number of guanidine groups is 1. The van der Waals surface area contributed by atoms with Gasteiger partial charge in [0.25, 0.3) is 0 Å². The quantitative estimate of drug-likeness (QED) is 0.599.